The van der Waals surface area contributed by atoms with Crippen LogP contribution in [-0.4, -0.2) is 41.2 Å². The van der Waals surface area contributed by atoms with E-state index in [1.807, 2.05) is 12.1 Å². The maximum absolute atomic E-state index is 11.8. The Labute approximate surface area is 142 Å². The van der Waals surface area contributed by atoms with Gasteiger partial charge in [0.1, 0.15) is 12.3 Å². The van der Waals surface area contributed by atoms with E-state index in [1.54, 1.807) is 6.26 Å². The van der Waals surface area contributed by atoms with Gasteiger partial charge >= 0.3 is 0 Å². The summed E-state index contributed by atoms with van der Waals surface area (Å²) in [6.45, 7) is 7.08. The first-order valence-corrected chi connectivity index (χ1v) is 7.98. The van der Waals surface area contributed by atoms with Crippen LogP contribution in [0.4, 0.5) is 0 Å². The summed E-state index contributed by atoms with van der Waals surface area (Å²) in [5, 5.41) is 10.3. The highest BCUT2D eigenvalue weighted by atomic mass is 127. The SMILES string of the molecule is CS(=O)c1cc(C(C)(C)C)cc(C[N+](C)(C)C)c1O.[I-]. The molecule has 1 aromatic carbocycles. The molecule has 0 aliphatic rings. The maximum atomic E-state index is 11.8. The van der Waals surface area contributed by atoms with E-state index in [9.17, 15) is 9.32 Å². The third-order valence-corrected chi connectivity index (χ3v) is 3.90. The molecule has 1 unspecified atom stereocenters. The van der Waals surface area contributed by atoms with Gasteiger partial charge in [0.25, 0.3) is 0 Å². The molecule has 0 fully saturated rings. The van der Waals surface area contributed by atoms with Gasteiger partial charge in [0, 0.05) is 11.8 Å². The molecule has 0 radical (unpaired) electrons. The summed E-state index contributed by atoms with van der Waals surface area (Å²) in [6.07, 6.45) is 1.61. The van der Waals surface area contributed by atoms with Crippen LogP contribution in [0.1, 0.15) is 31.9 Å². The number of phenols is 1. The maximum Gasteiger partial charge on any atom is 0.140 e. The molecular formula is C15H26INO2S. The number of benzene rings is 1. The van der Waals surface area contributed by atoms with E-state index >= 15 is 0 Å². The molecule has 3 nitrogen and oxygen atoms in total. The lowest BCUT2D eigenvalue weighted by Crippen LogP contribution is -3.00. The highest BCUT2D eigenvalue weighted by Gasteiger charge is 2.22. The number of nitrogens with zero attached hydrogens (tertiary/aromatic N) is 1. The molecule has 0 amide bonds. The van der Waals surface area contributed by atoms with Crippen molar-refractivity contribution in [3.05, 3.63) is 23.3 Å². The van der Waals surface area contributed by atoms with Crippen molar-refractivity contribution in [1.29, 1.82) is 0 Å². The Kier molecular flexibility index (Phi) is 6.70. The summed E-state index contributed by atoms with van der Waals surface area (Å²) >= 11 is 0. The van der Waals surface area contributed by atoms with Crippen molar-refractivity contribution in [2.45, 2.75) is 37.6 Å². The molecule has 0 saturated heterocycles. The van der Waals surface area contributed by atoms with E-state index in [2.05, 4.69) is 41.9 Å². The molecule has 1 aromatic rings. The molecule has 1 rings (SSSR count). The van der Waals surface area contributed by atoms with E-state index in [-0.39, 0.29) is 35.1 Å². The standard InChI is InChI=1S/C15H25NO2S.HI/c1-15(2,3)12-8-11(10-16(4,5)6)14(17)13(9-12)19(7)18;/h8-9H,10H2,1-7H3;1H. The summed E-state index contributed by atoms with van der Waals surface area (Å²) in [5.41, 5.74) is 1.95. The number of rotatable bonds is 3. The second-order valence-corrected chi connectivity index (χ2v) is 8.48. The van der Waals surface area contributed by atoms with Crippen molar-refractivity contribution in [1.82, 2.24) is 0 Å². The van der Waals surface area contributed by atoms with Crippen molar-refractivity contribution in [3.8, 4) is 5.75 Å². The van der Waals surface area contributed by atoms with E-state index in [4.69, 9.17) is 0 Å². The second-order valence-electron chi connectivity index (χ2n) is 7.13. The summed E-state index contributed by atoms with van der Waals surface area (Å²) in [5.74, 6) is 0.182. The minimum absolute atomic E-state index is 0. The fourth-order valence-corrected chi connectivity index (χ4v) is 2.65. The minimum atomic E-state index is -1.18. The summed E-state index contributed by atoms with van der Waals surface area (Å²) in [4.78, 5) is 0.538. The smallest absolute Gasteiger partial charge is 0.140 e. The van der Waals surface area contributed by atoms with Gasteiger partial charge in [-0.05, 0) is 23.1 Å². The van der Waals surface area contributed by atoms with Gasteiger partial charge in [0.2, 0.25) is 0 Å². The third kappa shape index (κ3) is 5.33. The Morgan fingerprint density at radius 1 is 1.20 bits per heavy atom. The number of quaternary nitrogens is 1. The summed E-state index contributed by atoms with van der Waals surface area (Å²) in [7, 11) is 5.04. The van der Waals surface area contributed by atoms with Crippen LogP contribution in [0.3, 0.4) is 0 Å². The topological polar surface area (TPSA) is 37.3 Å². The van der Waals surface area contributed by atoms with Gasteiger partial charge in [-0.3, -0.25) is 4.21 Å². The molecule has 20 heavy (non-hydrogen) atoms. The Hall–Kier alpha value is -0.140. The van der Waals surface area contributed by atoms with Crippen LogP contribution < -0.4 is 24.0 Å². The predicted octanol–water partition coefficient (Wildman–Crippen LogP) is -0.363. The van der Waals surface area contributed by atoms with Crippen LogP contribution in [-0.2, 0) is 22.8 Å². The highest BCUT2D eigenvalue weighted by molar-refractivity contribution is 7.84. The lowest BCUT2D eigenvalue weighted by Gasteiger charge is -2.27. The molecule has 0 aliphatic carbocycles. The molecule has 0 heterocycles. The van der Waals surface area contributed by atoms with Gasteiger partial charge in [-0.25, -0.2) is 0 Å². The molecule has 0 aliphatic heterocycles. The zero-order chi connectivity index (χ0) is 15.0. The zero-order valence-corrected chi connectivity index (χ0v) is 16.4. The third-order valence-electron chi connectivity index (χ3n) is 2.97. The van der Waals surface area contributed by atoms with Crippen molar-refractivity contribution >= 4 is 10.8 Å². The number of halogens is 1. The number of aromatic hydroxyl groups is 1. The average molecular weight is 411 g/mol. The number of hydrogen-bond acceptors (Lipinski definition) is 2. The first-order valence-electron chi connectivity index (χ1n) is 6.42. The molecule has 1 N–H and O–H groups in total. The lowest BCUT2D eigenvalue weighted by atomic mass is 9.86. The number of phenolic OH excluding ortho intramolecular Hbond substituents is 1. The van der Waals surface area contributed by atoms with Crippen molar-refractivity contribution < 1.29 is 37.8 Å². The van der Waals surface area contributed by atoms with Crippen molar-refractivity contribution in [3.63, 3.8) is 0 Å². The van der Waals surface area contributed by atoms with Crippen LogP contribution in [0, 0.1) is 0 Å². The van der Waals surface area contributed by atoms with Gasteiger partial charge in [-0.1, -0.05) is 20.8 Å². The lowest BCUT2D eigenvalue weighted by molar-refractivity contribution is -0.884. The highest BCUT2D eigenvalue weighted by Crippen LogP contribution is 2.33. The van der Waals surface area contributed by atoms with Crippen molar-refractivity contribution in [2.24, 2.45) is 0 Å². The van der Waals surface area contributed by atoms with Crippen LogP contribution >= 0.6 is 0 Å². The second kappa shape index (κ2) is 6.75. The van der Waals surface area contributed by atoms with E-state index in [0.717, 1.165) is 15.6 Å². The van der Waals surface area contributed by atoms with Crippen LogP contribution in [0.15, 0.2) is 17.0 Å². The normalized spacial score (nSPS) is 13.8. The summed E-state index contributed by atoms with van der Waals surface area (Å²) in [6, 6.07) is 3.90. The van der Waals surface area contributed by atoms with E-state index in [0.29, 0.717) is 11.4 Å². The van der Waals surface area contributed by atoms with Crippen LogP contribution in [0.2, 0.25) is 0 Å². The molecule has 116 valence electrons. The largest absolute Gasteiger partial charge is 1.00 e. The predicted molar refractivity (Wildman–Crippen MR) is 80.9 cm³/mol. The van der Waals surface area contributed by atoms with Crippen LogP contribution in [0.25, 0.3) is 0 Å². The quantitative estimate of drug-likeness (QED) is 0.545. The molecule has 1 atom stereocenters. The summed E-state index contributed by atoms with van der Waals surface area (Å²) < 4.78 is 12.5. The monoisotopic (exact) mass is 411 g/mol. The van der Waals surface area contributed by atoms with Crippen LogP contribution in [0.5, 0.6) is 5.75 Å². The minimum Gasteiger partial charge on any atom is -1.00 e. The number of hydrogen-bond donors (Lipinski definition) is 1. The van der Waals surface area contributed by atoms with Gasteiger partial charge in [-0.15, -0.1) is 0 Å². The Balaban J connectivity index is 0.00000361. The van der Waals surface area contributed by atoms with Gasteiger partial charge in [0.15, 0.2) is 0 Å². The molecule has 0 bridgehead atoms. The van der Waals surface area contributed by atoms with Gasteiger partial charge in [-0.2, -0.15) is 0 Å². The van der Waals surface area contributed by atoms with E-state index in [1.165, 1.54) is 0 Å². The first-order chi connectivity index (χ1) is 8.42. The Morgan fingerprint density at radius 3 is 2.05 bits per heavy atom. The Bertz CT molecular complexity index is 502. The first kappa shape index (κ1) is 19.9. The fourth-order valence-electron chi connectivity index (χ4n) is 1.95. The van der Waals surface area contributed by atoms with Gasteiger partial charge in [0.05, 0.1) is 36.8 Å². The van der Waals surface area contributed by atoms with E-state index < -0.39 is 10.8 Å². The zero-order valence-electron chi connectivity index (χ0n) is 13.5. The molecule has 0 aromatic heterocycles. The molecule has 0 spiro atoms. The fraction of sp³-hybridized carbons (Fsp3) is 0.600. The average Bonchev–Trinajstić information content (AvgIpc) is 2.16. The van der Waals surface area contributed by atoms with Gasteiger partial charge < -0.3 is 33.6 Å². The Morgan fingerprint density at radius 2 is 1.70 bits per heavy atom. The van der Waals surface area contributed by atoms with Crippen molar-refractivity contribution in [2.75, 3.05) is 27.4 Å². The molecule has 5 heteroatoms. The molecular weight excluding hydrogens is 385 g/mol. The molecule has 0 saturated carbocycles.